The van der Waals surface area contributed by atoms with Crippen molar-refractivity contribution in [3.8, 4) is 0 Å². The van der Waals surface area contributed by atoms with E-state index in [1.165, 1.54) is 6.33 Å². The van der Waals surface area contributed by atoms with Gasteiger partial charge in [-0.3, -0.25) is 4.79 Å². The fraction of sp³-hybridized carbons (Fsp3) is 0.600. The molecule has 2 aliphatic heterocycles. The molecule has 2 aromatic heterocycles. The number of rotatable bonds is 2. The van der Waals surface area contributed by atoms with Crippen molar-refractivity contribution in [1.29, 1.82) is 0 Å². The van der Waals surface area contributed by atoms with Crippen LogP contribution in [0.15, 0.2) is 12.4 Å². The van der Waals surface area contributed by atoms with E-state index in [-0.39, 0.29) is 11.9 Å². The number of carbonyl (C=O) groups is 1. The lowest BCUT2D eigenvalue weighted by atomic mass is 10.2. The van der Waals surface area contributed by atoms with E-state index in [0.717, 1.165) is 55.5 Å². The monoisotopic (exact) mass is 332 g/mol. The Balaban J connectivity index is 1.66. The van der Waals surface area contributed by atoms with Gasteiger partial charge >= 0.3 is 0 Å². The Kier molecular flexibility index (Phi) is 3.84. The van der Waals surface area contributed by atoms with Gasteiger partial charge in [0.05, 0.1) is 0 Å². The zero-order valence-corrected chi connectivity index (χ0v) is 14.0. The number of thioether (sulfide) groups is 1. The van der Waals surface area contributed by atoms with Crippen LogP contribution < -0.4 is 4.90 Å². The number of aromatic nitrogens is 4. The van der Waals surface area contributed by atoms with Gasteiger partial charge in [0.25, 0.3) is 5.78 Å². The van der Waals surface area contributed by atoms with Gasteiger partial charge in [-0.1, -0.05) is 0 Å². The molecule has 23 heavy (non-hydrogen) atoms. The third kappa shape index (κ3) is 2.65. The molecule has 0 aliphatic carbocycles. The van der Waals surface area contributed by atoms with E-state index in [2.05, 4.69) is 20.0 Å². The molecular weight excluding hydrogens is 312 g/mol. The Morgan fingerprint density at radius 1 is 1.30 bits per heavy atom. The molecule has 4 rings (SSSR count). The van der Waals surface area contributed by atoms with E-state index in [0.29, 0.717) is 5.78 Å². The van der Waals surface area contributed by atoms with Gasteiger partial charge in [0.2, 0.25) is 5.91 Å². The average Bonchev–Trinajstić information content (AvgIpc) is 3.23. The van der Waals surface area contributed by atoms with Crippen LogP contribution >= 0.6 is 11.8 Å². The molecule has 0 N–H and O–H groups in total. The van der Waals surface area contributed by atoms with Gasteiger partial charge in [-0.2, -0.15) is 26.4 Å². The molecule has 122 valence electrons. The summed E-state index contributed by atoms with van der Waals surface area (Å²) in [5, 5.41) is 4.28. The zero-order valence-electron chi connectivity index (χ0n) is 13.2. The van der Waals surface area contributed by atoms with Crippen LogP contribution in [-0.4, -0.2) is 67.6 Å². The molecule has 0 aromatic carbocycles. The van der Waals surface area contributed by atoms with Crippen molar-refractivity contribution < 1.29 is 4.79 Å². The molecule has 0 unspecified atom stereocenters. The van der Waals surface area contributed by atoms with Crippen LogP contribution in [-0.2, 0) is 4.79 Å². The molecule has 2 saturated heterocycles. The average molecular weight is 332 g/mol. The van der Waals surface area contributed by atoms with Gasteiger partial charge in [-0.25, -0.2) is 4.98 Å². The maximum Gasteiger partial charge on any atom is 0.254 e. The zero-order chi connectivity index (χ0) is 15.8. The summed E-state index contributed by atoms with van der Waals surface area (Å²) in [7, 11) is 0. The van der Waals surface area contributed by atoms with E-state index in [1.54, 1.807) is 4.52 Å². The van der Waals surface area contributed by atoms with Crippen LogP contribution in [0.2, 0.25) is 0 Å². The van der Waals surface area contributed by atoms with Crippen molar-refractivity contribution in [2.24, 2.45) is 0 Å². The molecule has 1 amide bonds. The van der Waals surface area contributed by atoms with E-state index >= 15 is 0 Å². The Bertz CT molecular complexity index is 726. The minimum atomic E-state index is -0.0905. The van der Waals surface area contributed by atoms with Crippen molar-refractivity contribution >= 4 is 29.3 Å². The maximum absolute atomic E-state index is 13.0. The first-order valence-electron chi connectivity index (χ1n) is 8.04. The number of amides is 1. The summed E-state index contributed by atoms with van der Waals surface area (Å²) in [6, 6.07) is 1.91. The number of hydrogen-bond donors (Lipinski definition) is 0. The fourth-order valence-corrected chi connectivity index (χ4v) is 4.31. The highest BCUT2D eigenvalue weighted by Crippen LogP contribution is 2.27. The first-order valence-corrected chi connectivity index (χ1v) is 9.20. The van der Waals surface area contributed by atoms with Gasteiger partial charge in [-0.15, -0.1) is 0 Å². The highest BCUT2D eigenvalue weighted by molar-refractivity contribution is 7.99. The van der Waals surface area contributed by atoms with Gasteiger partial charge in [0.15, 0.2) is 0 Å². The summed E-state index contributed by atoms with van der Waals surface area (Å²) < 4.78 is 1.74. The first-order chi connectivity index (χ1) is 11.2. The second kappa shape index (κ2) is 5.99. The van der Waals surface area contributed by atoms with Crippen LogP contribution in [0.4, 0.5) is 5.82 Å². The lowest BCUT2D eigenvalue weighted by Gasteiger charge is -2.33. The van der Waals surface area contributed by atoms with Crippen molar-refractivity contribution in [3.05, 3.63) is 18.1 Å². The molecule has 8 heteroatoms. The maximum atomic E-state index is 13.0. The standard InChI is InChI=1S/C15H20N6OS/c1-11-9-13(21-15(18-11)16-10-17-21)20-4-2-3-12(20)14(22)19-5-7-23-8-6-19/h9-10,12H,2-8H2,1H3/t12-/m1/s1. The molecule has 2 fully saturated rings. The number of aryl methyl sites for hydroxylation is 1. The summed E-state index contributed by atoms with van der Waals surface area (Å²) in [5.74, 6) is 3.85. The van der Waals surface area contributed by atoms with Crippen molar-refractivity contribution in [1.82, 2.24) is 24.5 Å². The van der Waals surface area contributed by atoms with Crippen LogP contribution in [0, 0.1) is 6.92 Å². The van der Waals surface area contributed by atoms with Crippen LogP contribution in [0.25, 0.3) is 5.78 Å². The predicted molar refractivity (Wildman–Crippen MR) is 89.8 cm³/mol. The minimum Gasteiger partial charge on any atom is -0.344 e. The van der Waals surface area contributed by atoms with E-state index in [4.69, 9.17) is 0 Å². The van der Waals surface area contributed by atoms with Gasteiger partial charge in [0.1, 0.15) is 18.2 Å². The molecule has 1 atom stereocenters. The number of carbonyl (C=O) groups excluding carboxylic acids is 1. The summed E-state index contributed by atoms with van der Waals surface area (Å²) >= 11 is 1.92. The number of anilines is 1. The largest absolute Gasteiger partial charge is 0.344 e. The molecule has 2 aliphatic rings. The molecular formula is C15H20N6OS. The Hall–Kier alpha value is -1.83. The Morgan fingerprint density at radius 2 is 2.13 bits per heavy atom. The molecule has 4 heterocycles. The molecule has 7 nitrogen and oxygen atoms in total. The Morgan fingerprint density at radius 3 is 2.96 bits per heavy atom. The summed E-state index contributed by atoms with van der Waals surface area (Å²) in [5.41, 5.74) is 0.896. The number of fused-ring (bicyclic) bond motifs is 1. The fourth-order valence-electron chi connectivity index (χ4n) is 3.41. The second-order valence-corrected chi connectivity index (χ2v) is 7.24. The highest BCUT2D eigenvalue weighted by Gasteiger charge is 2.35. The van der Waals surface area contributed by atoms with Crippen molar-refractivity contribution in [2.45, 2.75) is 25.8 Å². The number of hydrogen-bond acceptors (Lipinski definition) is 6. The molecule has 2 aromatic rings. The van der Waals surface area contributed by atoms with Gasteiger partial charge < -0.3 is 9.80 Å². The Labute approximate surface area is 139 Å². The third-order valence-electron chi connectivity index (χ3n) is 4.52. The smallest absolute Gasteiger partial charge is 0.254 e. The normalized spacial score (nSPS) is 22.0. The molecule has 0 bridgehead atoms. The summed E-state index contributed by atoms with van der Waals surface area (Å²) in [6.45, 7) is 4.55. The molecule has 0 spiro atoms. The SMILES string of the molecule is Cc1cc(N2CCC[C@@H]2C(=O)N2CCSCC2)n2ncnc2n1. The first kappa shape index (κ1) is 14.7. The van der Waals surface area contributed by atoms with E-state index in [9.17, 15) is 4.79 Å². The third-order valence-corrected chi connectivity index (χ3v) is 5.46. The van der Waals surface area contributed by atoms with E-state index in [1.807, 2.05) is 29.7 Å². The second-order valence-electron chi connectivity index (χ2n) is 6.02. The van der Waals surface area contributed by atoms with Crippen LogP contribution in [0.3, 0.4) is 0 Å². The summed E-state index contributed by atoms with van der Waals surface area (Å²) in [6.07, 6.45) is 3.44. The lowest BCUT2D eigenvalue weighted by Crippen LogP contribution is -2.49. The highest BCUT2D eigenvalue weighted by atomic mass is 32.2. The van der Waals surface area contributed by atoms with Crippen molar-refractivity contribution in [3.63, 3.8) is 0 Å². The van der Waals surface area contributed by atoms with E-state index < -0.39 is 0 Å². The van der Waals surface area contributed by atoms with Crippen LogP contribution in [0.5, 0.6) is 0 Å². The predicted octanol–water partition coefficient (Wildman–Crippen LogP) is 0.977. The molecule has 0 radical (unpaired) electrons. The van der Waals surface area contributed by atoms with Gasteiger partial charge in [0, 0.05) is 42.9 Å². The number of nitrogens with zero attached hydrogens (tertiary/aromatic N) is 6. The minimum absolute atomic E-state index is 0.0905. The van der Waals surface area contributed by atoms with Crippen molar-refractivity contribution in [2.75, 3.05) is 36.0 Å². The summed E-state index contributed by atoms with van der Waals surface area (Å²) in [4.78, 5) is 25.7. The van der Waals surface area contributed by atoms with Gasteiger partial charge in [-0.05, 0) is 19.8 Å². The quantitative estimate of drug-likeness (QED) is 0.817. The topological polar surface area (TPSA) is 66.6 Å². The van der Waals surface area contributed by atoms with Crippen LogP contribution in [0.1, 0.15) is 18.5 Å². The lowest BCUT2D eigenvalue weighted by molar-refractivity contribution is -0.132. The molecule has 0 saturated carbocycles.